The van der Waals surface area contributed by atoms with Gasteiger partial charge in [0.25, 0.3) is 0 Å². The fourth-order valence-corrected chi connectivity index (χ4v) is 3.76. The van der Waals surface area contributed by atoms with E-state index in [1.165, 1.54) is 12.2 Å². The van der Waals surface area contributed by atoms with Crippen LogP contribution in [0.3, 0.4) is 0 Å². The van der Waals surface area contributed by atoms with Crippen LogP contribution in [0.5, 0.6) is 0 Å². The average Bonchev–Trinajstić information content (AvgIpc) is 2.12. The summed E-state index contributed by atoms with van der Waals surface area (Å²) in [6.45, 7) is 6.57. The molecule has 1 N–H and O–H groups in total. The fraction of sp³-hybridized carbons (Fsp3) is 1.00. The first-order chi connectivity index (χ1) is 6.15. The summed E-state index contributed by atoms with van der Waals surface area (Å²) >= 11 is 1.93. The molecule has 1 nitrogen and oxygen atoms in total. The first-order valence-corrected chi connectivity index (χ1v) is 6.54. The van der Waals surface area contributed by atoms with Gasteiger partial charge < -0.3 is 5.11 Å². The molecule has 78 valence electrons. The van der Waals surface area contributed by atoms with Crippen LogP contribution in [-0.2, 0) is 0 Å². The summed E-state index contributed by atoms with van der Waals surface area (Å²) in [6, 6.07) is 0. The molecule has 2 heteroatoms. The number of rotatable bonds is 3. The van der Waals surface area contributed by atoms with Crippen LogP contribution in [0.15, 0.2) is 0 Å². The molecule has 1 fully saturated rings. The van der Waals surface area contributed by atoms with Crippen LogP contribution in [-0.4, -0.2) is 21.7 Å². The predicted octanol–water partition coefficient (Wildman–Crippen LogP) is 3.07. The van der Waals surface area contributed by atoms with E-state index in [4.69, 9.17) is 0 Å². The molecule has 13 heavy (non-hydrogen) atoms. The highest BCUT2D eigenvalue weighted by Gasteiger charge is 2.41. The smallest absolute Gasteiger partial charge is 0.0791 e. The molecule has 1 aliphatic heterocycles. The Morgan fingerprint density at radius 3 is 2.54 bits per heavy atom. The molecule has 0 aromatic rings. The van der Waals surface area contributed by atoms with E-state index in [1.807, 2.05) is 11.8 Å². The summed E-state index contributed by atoms with van der Waals surface area (Å²) < 4.78 is 0. The second kappa shape index (κ2) is 4.70. The van der Waals surface area contributed by atoms with Gasteiger partial charge in [0.05, 0.1) is 5.60 Å². The topological polar surface area (TPSA) is 20.2 Å². The molecule has 0 amide bonds. The lowest BCUT2D eigenvalue weighted by Crippen LogP contribution is -2.47. The zero-order chi connectivity index (χ0) is 9.90. The third-order valence-corrected chi connectivity index (χ3v) is 4.92. The standard InChI is InChI=1S/C11H22OS/c1-4-10(5-2)11(12)7-6-8-13-9(11)3/h9-10,12H,4-8H2,1-3H3. The van der Waals surface area contributed by atoms with Crippen LogP contribution < -0.4 is 0 Å². The Morgan fingerprint density at radius 1 is 1.46 bits per heavy atom. The minimum atomic E-state index is -0.383. The second-order valence-electron chi connectivity index (χ2n) is 4.12. The molecule has 0 bridgehead atoms. The molecule has 2 unspecified atom stereocenters. The number of hydrogen-bond acceptors (Lipinski definition) is 2. The quantitative estimate of drug-likeness (QED) is 0.759. The van der Waals surface area contributed by atoms with Crippen molar-refractivity contribution >= 4 is 11.8 Å². The van der Waals surface area contributed by atoms with E-state index >= 15 is 0 Å². The van der Waals surface area contributed by atoms with Crippen molar-refractivity contribution in [1.82, 2.24) is 0 Å². The van der Waals surface area contributed by atoms with Crippen molar-refractivity contribution in [3.05, 3.63) is 0 Å². The van der Waals surface area contributed by atoms with E-state index < -0.39 is 0 Å². The lowest BCUT2D eigenvalue weighted by molar-refractivity contribution is -0.0308. The Balaban J connectivity index is 2.69. The van der Waals surface area contributed by atoms with Crippen LogP contribution >= 0.6 is 11.8 Å². The van der Waals surface area contributed by atoms with E-state index in [1.54, 1.807) is 0 Å². The van der Waals surface area contributed by atoms with Crippen LogP contribution in [0, 0.1) is 5.92 Å². The fourth-order valence-electron chi connectivity index (χ4n) is 2.49. The van der Waals surface area contributed by atoms with Gasteiger partial charge in [-0.3, -0.25) is 0 Å². The van der Waals surface area contributed by atoms with E-state index in [9.17, 15) is 5.11 Å². The van der Waals surface area contributed by atoms with Crippen LogP contribution in [0.25, 0.3) is 0 Å². The highest BCUT2D eigenvalue weighted by atomic mass is 32.2. The van der Waals surface area contributed by atoms with Gasteiger partial charge in [-0.05, 0) is 24.5 Å². The summed E-state index contributed by atoms with van der Waals surface area (Å²) in [7, 11) is 0. The Kier molecular flexibility index (Phi) is 4.11. The number of aliphatic hydroxyl groups is 1. The number of thioether (sulfide) groups is 1. The molecule has 0 radical (unpaired) electrons. The van der Waals surface area contributed by atoms with Crippen molar-refractivity contribution in [2.75, 3.05) is 5.75 Å². The van der Waals surface area contributed by atoms with Gasteiger partial charge in [-0.2, -0.15) is 11.8 Å². The van der Waals surface area contributed by atoms with Gasteiger partial charge in [-0.25, -0.2) is 0 Å². The third kappa shape index (κ3) is 2.21. The molecule has 0 saturated carbocycles. The van der Waals surface area contributed by atoms with Crippen LogP contribution in [0.4, 0.5) is 0 Å². The highest BCUT2D eigenvalue weighted by Crippen LogP contribution is 2.41. The van der Waals surface area contributed by atoms with Gasteiger partial charge in [0.15, 0.2) is 0 Å². The maximum absolute atomic E-state index is 10.6. The van der Waals surface area contributed by atoms with Crippen LogP contribution in [0.2, 0.25) is 0 Å². The molecule has 1 aliphatic rings. The normalized spacial score (nSPS) is 35.3. The Bertz CT molecular complexity index is 156. The average molecular weight is 202 g/mol. The Hall–Kier alpha value is 0.310. The van der Waals surface area contributed by atoms with Crippen molar-refractivity contribution in [2.45, 2.75) is 57.3 Å². The monoisotopic (exact) mass is 202 g/mol. The van der Waals surface area contributed by atoms with Gasteiger partial charge in [0.1, 0.15) is 0 Å². The lowest BCUT2D eigenvalue weighted by atomic mass is 9.78. The highest BCUT2D eigenvalue weighted by molar-refractivity contribution is 8.00. The van der Waals surface area contributed by atoms with Gasteiger partial charge in [-0.15, -0.1) is 0 Å². The van der Waals surface area contributed by atoms with Crippen molar-refractivity contribution in [1.29, 1.82) is 0 Å². The maximum Gasteiger partial charge on any atom is 0.0791 e. The van der Waals surface area contributed by atoms with E-state index in [-0.39, 0.29) is 5.60 Å². The van der Waals surface area contributed by atoms with Gasteiger partial charge in [0, 0.05) is 5.25 Å². The number of hydrogen-bond donors (Lipinski definition) is 1. The first kappa shape index (κ1) is 11.4. The minimum Gasteiger partial charge on any atom is -0.388 e. The van der Waals surface area contributed by atoms with E-state index in [0.29, 0.717) is 11.2 Å². The largest absolute Gasteiger partial charge is 0.388 e. The van der Waals surface area contributed by atoms with Gasteiger partial charge in [-0.1, -0.05) is 33.6 Å². The molecule has 1 heterocycles. The van der Waals surface area contributed by atoms with Crippen molar-refractivity contribution in [2.24, 2.45) is 5.92 Å². The molecule has 0 aliphatic carbocycles. The SMILES string of the molecule is CCC(CC)C1(O)CCCSC1C. The lowest BCUT2D eigenvalue weighted by Gasteiger charge is -2.43. The van der Waals surface area contributed by atoms with E-state index in [2.05, 4.69) is 20.8 Å². The van der Waals surface area contributed by atoms with Crippen molar-refractivity contribution in [3.8, 4) is 0 Å². The summed E-state index contributed by atoms with van der Waals surface area (Å²) in [5.41, 5.74) is -0.383. The zero-order valence-electron chi connectivity index (χ0n) is 9.05. The van der Waals surface area contributed by atoms with Gasteiger partial charge in [0.2, 0.25) is 0 Å². The summed E-state index contributed by atoms with van der Waals surface area (Å²) in [5.74, 6) is 1.72. The molecule has 2 atom stereocenters. The summed E-state index contributed by atoms with van der Waals surface area (Å²) in [6.07, 6.45) is 4.41. The molecule has 1 rings (SSSR count). The Morgan fingerprint density at radius 2 is 2.08 bits per heavy atom. The van der Waals surface area contributed by atoms with Crippen molar-refractivity contribution < 1.29 is 5.11 Å². The predicted molar refractivity (Wildman–Crippen MR) is 60.2 cm³/mol. The maximum atomic E-state index is 10.6. The molecule has 1 saturated heterocycles. The first-order valence-electron chi connectivity index (χ1n) is 5.49. The minimum absolute atomic E-state index is 0.383. The van der Waals surface area contributed by atoms with Crippen molar-refractivity contribution in [3.63, 3.8) is 0 Å². The molecule has 0 aromatic heterocycles. The Labute approximate surface area is 86.3 Å². The van der Waals surface area contributed by atoms with Gasteiger partial charge >= 0.3 is 0 Å². The summed E-state index contributed by atoms with van der Waals surface area (Å²) in [4.78, 5) is 0. The van der Waals surface area contributed by atoms with Crippen LogP contribution in [0.1, 0.15) is 46.5 Å². The zero-order valence-corrected chi connectivity index (χ0v) is 9.86. The summed E-state index contributed by atoms with van der Waals surface area (Å²) in [5, 5.41) is 11.0. The molecule has 0 aromatic carbocycles. The molecular weight excluding hydrogens is 180 g/mol. The molecule has 0 spiro atoms. The molecular formula is C11H22OS. The third-order valence-electron chi connectivity index (χ3n) is 3.49. The van der Waals surface area contributed by atoms with E-state index in [0.717, 1.165) is 19.3 Å². The second-order valence-corrected chi connectivity index (χ2v) is 5.57.